The van der Waals surface area contributed by atoms with E-state index in [9.17, 15) is 13.2 Å². The Bertz CT molecular complexity index is 712. The van der Waals surface area contributed by atoms with Gasteiger partial charge in [-0.15, -0.1) is 12.4 Å². The Labute approximate surface area is 155 Å². The molecule has 2 aliphatic carbocycles. The Morgan fingerprint density at radius 3 is 2.44 bits per heavy atom. The number of halogens is 1. The molecule has 6 nitrogen and oxygen atoms in total. The molecule has 0 aliphatic heterocycles. The van der Waals surface area contributed by atoms with Crippen LogP contribution in [-0.4, -0.2) is 20.4 Å². The molecule has 2 saturated carbocycles. The Balaban J connectivity index is 0.00000225. The molecule has 0 saturated heterocycles. The highest BCUT2D eigenvalue weighted by molar-refractivity contribution is 7.89. The molecule has 0 spiro atoms. The van der Waals surface area contributed by atoms with E-state index in [0.29, 0.717) is 18.4 Å². The van der Waals surface area contributed by atoms with Crippen molar-refractivity contribution < 1.29 is 13.2 Å². The van der Waals surface area contributed by atoms with Gasteiger partial charge in [-0.1, -0.05) is 18.6 Å². The summed E-state index contributed by atoms with van der Waals surface area (Å²) in [6.07, 6.45) is 5.19. The Hall–Kier alpha value is -1.15. The van der Waals surface area contributed by atoms with Gasteiger partial charge in [0.2, 0.25) is 15.9 Å². The molecular weight excluding hydrogens is 362 g/mol. The van der Waals surface area contributed by atoms with Crippen molar-refractivity contribution in [2.75, 3.05) is 0 Å². The highest BCUT2D eigenvalue weighted by atomic mass is 35.5. The summed E-state index contributed by atoms with van der Waals surface area (Å²) in [7, 11) is -3.73. The number of hydrogen-bond acceptors (Lipinski definition) is 4. The van der Waals surface area contributed by atoms with Gasteiger partial charge < -0.3 is 11.1 Å². The van der Waals surface area contributed by atoms with Crippen molar-refractivity contribution in [2.24, 2.45) is 28.6 Å². The van der Waals surface area contributed by atoms with Crippen molar-refractivity contribution in [1.29, 1.82) is 0 Å². The molecule has 140 valence electrons. The Kier molecular flexibility index (Phi) is 6.48. The predicted octanol–water partition coefficient (Wildman–Crippen LogP) is 1.53. The van der Waals surface area contributed by atoms with Gasteiger partial charge in [-0.25, -0.2) is 13.6 Å². The fraction of sp³-hybridized carbons (Fsp3) is 0.588. The summed E-state index contributed by atoms with van der Waals surface area (Å²) in [5, 5.41) is 8.07. The summed E-state index contributed by atoms with van der Waals surface area (Å²) in [5.74, 6) is 0.972. The largest absolute Gasteiger partial charge is 0.352 e. The maximum Gasteiger partial charge on any atom is 0.238 e. The standard InChI is InChI=1S/C17H25N3O3S.ClH/c18-16-12-4-2-5-13(16)9-14(8-12)17(21)20-10-11-3-1-6-15(7-11)24(19,22)23;/h1,3,6-7,12-14,16H,2,4-5,8-10,18H2,(H,20,21)(H2,19,22,23);1H. The zero-order chi connectivity index (χ0) is 17.3. The number of amides is 1. The van der Waals surface area contributed by atoms with E-state index >= 15 is 0 Å². The number of rotatable bonds is 4. The molecule has 1 aromatic carbocycles. The third kappa shape index (κ3) is 4.73. The average Bonchev–Trinajstić information content (AvgIpc) is 2.52. The lowest BCUT2D eigenvalue weighted by Crippen LogP contribution is -2.49. The molecule has 1 amide bonds. The monoisotopic (exact) mass is 387 g/mol. The van der Waals surface area contributed by atoms with Gasteiger partial charge in [-0.3, -0.25) is 4.79 Å². The van der Waals surface area contributed by atoms with Gasteiger partial charge in [-0.2, -0.15) is 0 Å². The number of carbonyl (C=O) groups excluding carboxylic acids is 1. The van der Waals surface area contributed by atoms with Crippen molar-refractivity contribution in [3.8, 4) is 0 Å². The number of fused-ring (bicyclic) bond motifs is 2. The number of primary sulfonamides is 1. The maximum atomic E-state index is 12.5. The topological polar surface area (TPSA) is 115 Å². The van der Waals surface area contributed by atoms with Crippen LogP contribution < -0.4 is 16.2 Å². The second-order valence-corrected chi connectivity index (χ2v) is 8.67. The highest BCUT2D eigenvalue weighted by Gasteiger charge is 2.40. The van der Waals surface area contributed by atoms with Crippen molar-refractivity contribution >= 4 is 28.3 Å². The lowest BCUT2D eigenvalue weighted by Gasteiger charge is -2.43. The second kappa shape index (κ2) is 8.03. The first-order valence-electron chi connectivity index (χ1n) is 8.49. The van der Waals surface area contributed by atoms with E-state index in [1.165, 1.54) is 18.6 Å². The van der Waals surface area contributed by atoms with Crippen molar-refractivity contribution in [3.05, 3.63) is 29.8 Å². The van der Waals surface area contributed by atoms with Crippen LogP contribution in [0, 0.1) is 17.8 Å². The molecule has 3 rings (SSSR count). The molecule has 2 atom stereocenters. The molecule has 5 N–H and O–H groups in total. The van der Waals surface area contributed by atoms with Gasteiger partial charge >= 0.3 is 0 Å². The van der Waals surface area contributed by atoms with E-state index in [4.69, 9.17) is 10.9 Å². The van der Waals surface area contributed by atoms with E-state index < -0.39 is 10.0 Å². The smallest absolute Gasteiger partial charge is 0.238 e. The molecule has 2 bridgehead atoms. The third-order valence-corrected chi connectivity index (χ3v) is 6.39. The zero-order valence-electron chi connectivity index (χ0n) is 14.1. The molecule has 8 heteroatoms. The van der Waals surface area contributed by atoms with Crippen LogP contribution in [0.3, 0.4) is 0 Å². The molecular formula is C17H26ClN3O3S. The number of nitrogens with two attached hydrogens (primary N) is 2. The highest BCUT2D eigenvalue weighted by Crippen LogP contribution is 2.41. The fourth-order valence-corrected chi connectivity index (χ4v) is 4.75. The van der Waals surface area contributed by atoms with Crippen LogP contribution >= 0.6 is 12.4 Å². The van der Waals surface area contributed by atoms with Gasteiger partial charge in [0.05, 0.1) is 4.90 Å². The molecule has 2 fully saturated rings. The molecule has 2 unspecified atom stereocenters. The summed E-state index contributed by atoms with van der Waals surface area (Å²) >= 11 is 0. The van der Waals surface area contributed by atoms with Gasteiger partial charge in [0, 0.05) is 18.5 Å². The summed E-state index contributed by atoms with van der Waals surface area (Å²) in [4.78, 5) is 12.6. The fourth-order valence-electron chi connectivity index (χ4n) is 4.17. The SMILES string of the molecule is Cl.NC1C2CCCC1CC(C(=O)NCc1cccc(S(N)(=O)=O)c1)C2. The van der Waals surface area contributed by atoms with E-state index in [0.717, 1.165) is 31.2 Å². The molecule has 0 radical (unpaired) electrons. The van der Waals surface area contributed by atoms with Crippen LogP contribution in [0.2, 0.25) is 0 Å². The molecule has 25 heavy (non-hydrogen) atoms. The van der Waals surface area contributed by atoms with Crippen LogP contribution in [0.15, 0.2) is 29.2 Å². The Morgan fingerprint density at radius 1 is 1.20 bits per heavy atom. The average molecular weight is 388 g/mol. The van der Waals surface area contributed by atoms with Crippen molar-refractivity contribution in [3.63, 3.8) is 0 Å². The zero-order valence-corrected chi connectivity index (χ0v) is 15.7. The lowest BCUT2D eigenvalue weighted by atomic mass is 9.65. The minimum atomic E-state index is -3.73. The van der Waals surface area contributed by atoms with Crippen LogP contribution in [0.5, 0.6) is 0 Å². The summed E-state index contributed by atoms with van der Waals surface area (Å²) < 4.78 is 22.8. The molecule has 1 aromatic rings. The normalized spacial score (nSPS) is 28.7. The summed E-state index contributed by atoms with van der Waals surface area (Å²) in [5.41, 5.74) is 6.99. The van der Waals surface area contributed by atoms with E-state index in [1.807, 2.05) is 0 Å². The van der Waals surface area contributed by atoms with Gasteiger partial charge in [0.15, 0.2) is 0 Å². The van der Waals surface area contributed by atoms with E-state index in [1.54, 1.807) is 12.1 Å². The lowest BCUT2D eigenvalue weighted by molar-refractivity contribution is -0.128. The molecule has 0 heterocycles. The number of hydrogen-bond donors (Lipinski definition) is 3. The first-order valence-corrected chi connectivity index (χ1v) is 10.0. The number of nitrogens with one attached hydrogen (secondary N) is 1. The minimum Gasteiger partial charge on any atom is -0.352 e. The van der Waals surface area contributed by atoms with Crippen LogP contribution in [0.1, 0.15) is 37.7 Å². The van der Waals surface area contributed by atoms with Gasteiger partial charge in [0.1, 0.15) is 0 Å². The number of sulfonamides is 1. The summed E-state index contributed by atoms with van der Waals surface area (Å²) in [6, 6.07) is 6.60. The van der Waals surface area contributed by atoms with Gasteiger partial charge in [0.25, 0.3) is 0 Å². The summed E-state index contributed by atoms with van der Waals surface area (Å²) in [6.45, 7) is 0.306. The minimum absolute atomic E-state index is 0. The first-order chi connectivity index (χ1) is 11.3. The van der Waals surface area contributed by atoms with E-state index in [2.05, 4.69) is 5.32 Å². The van der Waals surface area contributed by atoms with Crippen molar-refractivity contribution in [1.82, 2.24) is 5.32 Å². The van der Waals surface area contributed by atoms with E-state index in [-0.39, 0.29) is 35.2 Å². The molecule has 0 aromatic heterocycles. The Morgan fingerprint density at radius 2 is 1.84 bits per heavy atom. The van der Waals surface area contributed by atoms with Gasteiger partial charge in [-0.05, 0) is 55.2 Å². The van der Waals surface area contributed by atoms with Crippen LogP contribution in [-0.2, 0) is 21.4 Å². The third-order valence-electron chi connectivity index (χ3n) is 5.48. The first kappa shape index (κ1) is 20.2. The number of carbonyl (C=O) groups is 1. The second-order valence-electron chi connectivity index (χ2n) is 7.11. The molecule has 2 aliphatic rings. The maximum absolute atomic E-state index is 12.5. The van der Waals surface area contributed by atoms with Crippen LogP contribution in [0.4, 0.5) is 0 Å². The predicted molar refractivity (Wildman–Crippen MR) is 98.4 cm³/mol. The number of benzene rings is 1. The van der Waals surface area contributed by atoms with Crippen molar-refractivity contribution in [2.45, 2.75) is 49.6 Å². The van der Waals surface area contributed by atoms with Crippen LogP contribution in [0.25, 0.3) is 0 Å². The quantitative estimate of drug-likeness (QED) is 0.726.